The molecule has 13 heavy (non-hydrogen) atoms. The molecule has 2 rings (SSSR count). The van der Waals surface area contributed by atoms with Crippen LogP contribution in [0.4, 0.5) is 0 Å². The average Bonchev–Trinajstić information content (AvgIpc) is 2.02. The number of pyridine rings is 1. The molecule has 1 N–H and O–H groups in total. The Bertz CT molecular complexity index is 284. The fraction of sp³-hybridized carbons (Fsp3) is 0.444. The molecule has 1 fully saturated rings. The molecule has 2 heterocycles. The maximum absolute atomic E-state index is 9.77. The Labute approximate surface area is 84.9 Å². The number of aliphatic hydroxyl groups excluding tert-OH is 1. The largest absolute Gasteiger partial charge is 0.386 e. The molecule has 0 radical (unpaired) electrons. The van der Waals surface area contributed by atoms with E-state index >= 15 is 0 Å². The summed E-state index contributed by atoms with van der Waals surface area (Å²) in [5, 5.41) is 9.77. The maximum atomic E-state index is 9.77. The molecule has 4 heteroatoms. The fourth-order valence-electron chi connectivity index (χ4n) is 1.24. The van der Waals surface area contributed by atoms with Crippen LogP contribution in [0.25, 0.3) is 0 Å². The van der Waals surface area contributed by atoms with Gasteiger partial charge in [0.15, 0.2) is 0 Å². The van der Waals surface area contributed by atoms with Crippen molar-refractivity contribution in [2.24, 2.45) is 5.92 Å². The van der Waals surface area contributed by atoms with Crippen LogP contribution in [0.3, 0.4) is 0 Å². The third kappa shape index (κ3) is 1.90. The molecular formula is C9H10BrNO2. The topological polar surface area (TPSA) is 42.4 Å². The Balaban J connectivity index is 2.10. The quantitative estimate of drug-likeness (QED) is 0.857. The SMILES string of the molecule is OC(c1ccc(Br)cn1)C1COC1. The van der Waals surface area contributed by atoms with Crippen LogP contribution in [0.2, 0.25) is 0 Å². The predicted octanol–water partition coefficient (Wildman–Crippen LogP) is 1.52. The molecule has 1 saturated heterocycles. The number of halogens is 1. The van der Waals surface area contributed by atoms with Gasteiger partial charge >= 0.3 is 0 Å². The standard InChI is InChI=1S/C9H10BrNO2/c10-7-1-2-8(11-3-7)9(12)6-4-13-5-6/h1-3,6,9,12H,4-5H2. The van der Waals surface area contributed by atoms with Crippen molar-refractivity contribution in [3.8, 4) is 0 Å². The van der Waals surface area contributed by atoms with E-state index in [-0.39, 0.29) is 5.92 Å². The molecule has 0 aromatic carbocycles. The van der Waals surface area contributed by atoms with E-state index < -0.39 is 6.10 Å². The molecule has 0 bridgehead atoms. The molecule has 0 amide bonds. The molecular weight excluding hydrogens is 234 g/mol. The van der Waals surface area contributed by atoms with Crippen LogP contribution >= 0.6 is 15.9 Å². The second kappa shape index (κ2) is 3.74. The van der Waals surface area contributed by atoms with E-state index in [4.69, 9.17) is 4.74 Å². The molecule has 1 unspecified atom stereocenters. The number of ether oxygens (including phenoxy) is 1. The van der Waals surface area contributed by atoms with Crippen molar-refractivity contribution in [1.29, 1.82) is 0 Å². The molecule has 1 aromatic heterocycles. The Hall–Kier alpha value is -0.450. The highest BCUT2D eigenvalue weighted by Gasteiger charge is 2.28. The van der Waals surface area contributed by atoms with Crippen LogP contribution < -0.4 is 0 Å². The molecule has 1 aliphatic rings. The first-order chi connectivity index (χ1) is 6.27. The highest BCUT2D eigenvalue weighted by molar-refractivity contribution is 9.10. The van der Waals surface area contributed by atoms with Gasteiger partial charge < -0.3 is 9.84 Å². The van der Waals surface area contributed by atoms with Gasteiger partial charge in [0.05, 0.1) is 18.9 Å². The van der Waals surface area contributed by atoms with Gasteiger partial charge in [-0.05, 0) is 28.1 Å². The zero-order valence-electron chi connectivity index (χ0n) is 6.98. The Morgan fingerprint density at radius 1 is 1.54 bits per heavy atom. The van der Waals surface area contributed by atoms with E-state index in [0.717, 1.165) is 10.2 Å². The first-order valence-corrected chi connectivity index (χ1v) is 4.94. The number of rotatable bonds is 2. The van der Waals surface area contributed by atoms with E-state index in [9.17, 15) is 5.11 Å². The third-order valence-electron chi connectivity index (χ3n) is 2.16. The second-order valence-corrected chi connectivity index (χ2v) is 4.06. The van der Waals surface area contributed by atoms with Crippen LogP contribution in [0.15, 0.2) is 22.8 Å². The lowest BCUT2D eigenvalue weighted by atomic mass is 9.98. The zero-order valence-corrected chi connectivity index (χ0v) is 8.57. The fourth-order valence-corrected chi connectivity index (χ4v) is 1.47. The van der Waals surface area contributed by atoms with Crippen molar-refractivity contribution in [2.45, 2.75) is 6.10 Å². The van der Waals surface area contributed by atoms with E-state index in [1.165, 1.54) is 0 Å². The van der Waals surface area contributed by atoms with Crippen molar-refractivity contribution >= 4 is 15.9 Å². The minimum Gasteiger partial charge on any atom is -0.386 e. The first-order valence-electron chi connectivity index (χ1n) is 4.14. The minimum absolute atomic E-state index is 0.216. The normalized spacial score (nSPS) is 19.5. The molecule has 1 aromatic rings. The number of aromatic nitrogens is 1. The van der Waals surface area contributed by atoms with Gasteiger partial charge in [-0.3, -0.25) is 4.98 Å². The van der Waals surface area contributed by atoms with Gasteiger partial charge in [-0.1, -0.05) is 0 Å². The van der Waals surface area contributed by atoms with Crippen molar-refractivity contribution in [3.05, 3.63) is 28.5 Å². The predicted molar refractivity (Wildman–Crippen MR) is 51.2 cm³/mol. The molecule has 70 valence electrons. The van der Waals surface area contributed by atoms with Crippen LogP contribution in [0.5, 0.6) is 0 Å². The van der Waals surface area contributed by atoms with Crippen LogP contribution in [-0.2, 0) is 4.74 Å². The van der Waals surface area contributed by atoms with Gasteiger partial charge in [-0.15, -0.1) is 0 Å². The molecule has 1 aliphatic heterocycles. The second-order valence-electron chi connectivity index (χ2n) is 3.14. The lowest BCUT2D eigenvalue weighted by molar-refractivity contribution is -0.0935. The summed E-state index contributed by atoms with van der Waals surface area (Å²) < 4.78 is 5.93. The summed E-state index contributed by atoms with van der Waals surface area (Å²) >= 11 is 3.29. The van der Waals surface area contributed by atoms with Gasteiger partial charge in [-0.2, -0.15) is 0 Å². The summed E-state index contributed by atoms with van der Waals surface area (Å²) in [6, 6.07) is 3.71. The Morgan fingerprint density at radius 2 is 2.31 bits per heavy atom. The van der Waals surface area contributed by atoms with E-state index in [2.05, 4.69) is 20.9 Å². The van der Waals surface area contributed by atoms with Crippen molar-refractivity contribution < 1.29 is 9.84 Å². The van der Waals surface area contributed by atoms with Crippen molar-refractivity contribution in [3.63, 3.8) is 0 Å². The highest BCUT2D eigenvalue weighted by atomic mass is 79.9. The lowest BCUT2D eigenvalue weighted by Gasteiger charge is -2.29. The van der Waals surface area contributed by atoms with Gasteiger partial charge in [0.2, 0.25) is 0 Å². The third-order valence-corrected chi connectivity index (χ3v) is 2.63. The maximum Gasteiger partial charge on any atom is 0.103 e. The van der Waals surface area contributed by atoms with Gasteiger partial charge in [0, 0.05) is 16.6 Å². The summed E-state index contributed by atoms with van der Waals surface area (Å²) in [5.41, 5.74) is 0.719. The Morgan fingerprint density at radius 3 is 2.77 bits per heavy atom. The average molecular weight is 244 g/mol. The Kier molecular flexibility index (Phi) is 2.62. The minimum atomic E-state index is -0.484. The zero-order chi connectivity index (χ0) is 9.26. The molecule has 3 nitrogen and oxygen atoms in total. The summed E-state index contributed by atoms with van der Waals surface area (Å²) in [4.78, 5) is 4.13. The molecule has 0 spiro atoms. The molecule has 0 saturated carbocycles. The molecule has 1 atom stereocenters. The van der Waals surface area contributed by atoms with Crippen LogP contribution in [0, 0.1) is 5.92 Å². The lowest BCUT2D eigenvalue weighted by Crippen LogP contribution is -2.33. The van der Waals surface area contributed by atoms with Gasteiger partial charge in [0.1, 0.15) is 6.10 Å². The first kappa shape index (κ1) is 9.12. The number of hydrogen-bond donors (Lipinski definition) is 1. The summed E-state index contributed by atoms with van der Waals surface area (Å²) in [5.74, 6) is 0.216. The number of hydrogen-bond acceptors (Lipinski definition) is 3. The van der Waals surface area contributed by atoms with Crippen molar-refractivity contribution in [1.82, 2.24) is 4.98 Å². The van der Waals surface area contributed by atoms with Crippen LogP contribution in [-0.4, -0.2) is 23.3 Å². The number of nitrogens with zero attached hydrogens (tertiary/aromatic N) is 1. The highest BCUT2D eigenvalue weighted by Crippen LogP contribution is 2.26. The monoisotopic (exact) mass is 243 g/mol. The van der Waals surface area contributed by atoms with Gasteiger partial charge in [-0.25, -0.2) is 0 Å². The van der Waals surface area contributed by atoms with E-state index in [1.807, 2.05) is 12.1 Å². The summed E-state index contributed by atoms with van der Waals surface area (Å²) in [6.07, 6.45) is 1.21. The molecule has 0 aliphatic carbocycles. The van der Waals surface area contributed by atoms with Gasteiger partial charge in [0.25, 0.3) is 0 Å². The van der Waals surface area contributed by atoms with Crippen molar-refractivity contribution in [2.75, 3.05) is 13.2 Å². The summed E-state index contributed by atoms with van der Waals surface area (Å²) in [6.45, 7) is 1.28. The van der Waals surface area contributed by atoms with E-state index in [0.29, 0.717) is 13.2 Å². The van der Waals surface area contributed by atoms with E-state index in [1.54, 1.807) is 6.20 Å². The number of aliphatic hydroxyl groups is 1. The summed E-state index contributed by atoms with van der Waals surface area (Å²) in [7, 11) is 0. The van der Waals surface area contributed by atoms with Crippen LogP contribution in [0.1, 0.15) is 11.8 Å². The smallest absolute Gasteiger partial charge is 0.103 e.